The highest BCUT2D eigenvalue weighted by Crippen LogP contribution is 2.25. The summed E-state index contributed by atoms with van der Waals surface area (Å²) < 4.78 is 5.62. The van der Waals surface area contributed by atoms with E-state index in [1.54, 1.807) is 30.7 Å². The van der Waals surface area contributed by atoms with Gasteiger partial charge in [-0.3, -0.25) is 9.78 Å². The molecule has 6 heteroatoms. The molecule has 0 N–H and O–H groups in total. The van der Waals surface area contributed by atoms with Crippen LogP contribution in [0.15, 0.2) is 42.9 Å². The summed E-state index contributed by atoms with van der Waals surface area (Å²) in [6, 6.07) is 9.20. The summed E-state index contributed by atoms with van der Waals surface area (Å²) in [5, 5.41) is 8.84. The van der Waals surface area contributed by atoms with Crippen LogP contribution in [0.1, 0.15) is 37.0 Å². The normalized spacial score (nSPS) is 16.1. The Morgan fingerprint density at radius 3 is 2.60 bits per heavy atom. The SMILES string of the molecule is C[C@H](OC(=O)C1CCN(c2cnccn2)CC1)c1ccc(C#N)cc1. The zero-order chi connectivity index (χ0) is 17.6. The van der Waals surface area contributed by atoms with Gasteiger partial charge in [-0.2, -0.15) is 5.26 Å². The molecule has 1 aliphatic rings. The molecule has 0 radical (unpaired) electrons. The van der Waals surface area contributed by atoms with Crippen LogP contribution in [0.4, 0.5) is 5.82 Å². The summed E-state index contributed by atoms with van der Waals surface area (Å²) in [6.07, 6.45) is 6.24. The van der Waals surface area contributed by atoms with E-state index in [2.05, 4.69) is 20.9 Å². The Hall–Kier alpha value is -2.94. The van der Waals surface area contributed by atoms with Gasteiger partial charge < -0.3 is 9.64 Å². The first-order chi connectivity index (χ1) is 12.2. The molecule has 1 aliphatic heterocycles. The van der Waals surface area contributed by atoms with Gasteiger partial charge in [0.25, 0.3) is 0 Å². The number of hydrogen-bond acceptors (Lipinski definition) is 6. The maximum Gasteiger partial charge on any atom is 0.309 e. The molecule has 0 aliphatic carbocycles. The average Bonchev–Trinajstić information content (AvgIpc) is 2.68. The Balaban J connectivity index is 1.53. The minimum atomic E-state index is -0.321. The lowest BCUT2D eigenvalue weighted by molar-refractivity contribution is -0.154. The first-order valence-electron chi connectivity index (χ1n) is 8.39. The molecule has 2 aromatic rings. The highest BCUT2D eigenvalue weighted by Gasteiger charge is 2.28. The van der Waals surface area contributed by atoms with Crippen molar-refractivity contribution < 1.29 is 9.53 Å². The Labute approximate surface area is 147 Å². The van der Waals surface area contributed by atoms with Gasteiger partial charge >= 0.3 is 5.97 Å². The minimum Gasteiger partial charge on any atom is -0.458 e. The molecule has 3 rings (SSSR count). The van der Waals surface area contributed by atoms with Gasteiger partial charge in [-0.05, 0) is 37.5 Å². The smallest absolute Gasteiger partial charge is 0.309 e. The van der Waals surface area contributed by atoms with Gasteiger partial charge in [0.05, 0.1) is 23.7 Å². The number of benzene rings is 1. The number of aromatic nitrogens is 2. The molecule has 1 atom stereocenters. The van der Waals surface area contributed by atoms with Crippen molar-refractivity contribution >= 4 is 11.8 Å². The molecule has 6 nitrogen and oxygen atoms in total. The second-order valence-electron chi connectivity index (χ2n) is 6.14. The summed E-state index contributed by atoms with van der Waals surface area (Å²) in [6.45, 7) is 3.39. The van der Waals surface area contributed by atoms with Crippen molar-refractivity contribution in [3.8, 4) is 6.07 Å². The van der Waals surface area contributed by atoms with Crippen LogP contribution in [0.2, 0.25) is 0 Å². The summed E-state index contributed by atoms with van der Waals surface area (Å²) in [5.74, 6) is 0.602. The molecule has 1 fully saturated rings. The van der Waals surface area contributed by atoms with Crippen molar-refractivity contribution in [3.05, 3.63) is 54.0 Å². The molecule has 25 heavy (non-hydrogen) atoms. The largest absolute Gasteiger partial charge is 0.458 e. The van der Waals surface area contributed by atoms with Crippen LogP contribution in [0.25, 0.3) is 0 Å². The van der Waals surface area contributed by atoms with E-state index >= 15 is 0 Å². The van der Waals surface area contributed by atoms with E-state index in [0.29, 0.717) is 5.56 Å². The highest BCUT2D eigenvalue weighted by atomic mass is 16.5. The highest BCUT2D eigenvalue weighted by molar-refractivity contribution is 5.73. The van der Waals surface area contributed by atoms with Gasteiger partial charge in [-0.1, -0.05) is 12.1 Å². The molecule has 0 saturated carbocycles. The number of piperidine rings is 1. The molecule has 0 spiro atoms. The maximum atomic E-state index is 12.4. The Morgan fingerprint density at radius 1 is 1.28 bits per heavy atom. The lowest BCUT2D eigenvalue weighted by atomic mass is 9.97. The number of carbonyl (C=O) groups excluding carboxylic acids is 1. The number of nitriles is 1. The van der Waals surface area contributed by atoms with Crippen molar-refractivity contribution in [2.24, 2.45) is 5.92 Å². The monoisotopic (exact) mass is 336 g/mol. The Morgan fingerprint density at radius 2 is 2.00 bits per heavy atom. The summed E-state index contributed by atoms with van der Waals surface area (Å²) >= 11 is 0. The zero-order valence-corrected chi connectivity index (χ0v) is 14.1. The molecular formula is C19H20N4O2. The van der Waals surface area contributed by atoms with E-state index in [1.165, 1.54) is 0 Å². The molecular weight excluding hydrogens is 316 g/mol. The van der Waals surface area contributed by atoms with Crippen LogP contribution in [-0.2, 0) is 9.53 Å². The fourth-order valence-electron chi connectivity index (χ4n) is 2.97. The van der Waals surface area contributed by atoms with Crippen molar-refractivity contribution in [2.75, 3.05) is 18.0 Å². The van der Waals surface area contributed by atoms with E-state index in [-0.39, 0.29) is 18.0 Å². The summed E-state index contributed by atoms with van der Waals surface area (Å²) in [7, 11) is 0. The van der Waals surface area contributed by atoms with Gasteiger partial charge in [0.1, 0.15) is 11.9 Å². The molecule has 2 heterocycles. The summed E-state index contributed by atoms with van der Waals surface area (Å²) in [4.78, 5) is 22.9. The third-order valence-electron chi connectivity index (χ3n) is 4.50. The van der Waals surface area contributed by atoms with E-state index in [9.17, 15) is 4.79 Å². The van der Waals surface area contributed by atoms with Crippen molar-refractivity contribution in [3.63, 3.8) is 0 Å². The third-order valence-corrected chi connectivity index (χ3v) is 4.50. The number of rotatable bonds is 4. The average molecular weight is 336 g/mol. The van der Waals surface area contributed by atoms with E-state index in [4.69, 9.17) is 10.00 Å². The quantitative estimate of drug-likeness (QED) is 0.799. The Kier molecular flexibility index (Phi) is 5.24. The molecule has 0 bridgehead atoms. The topological polar surface area (TPSA) is 79.1 Å². The number of ether oxygens (including phenoxy) is 1. The standard InChI is InChI=1S/C19H20N4O2/c1-14(16-4-2-15(12-20)3-5-16)25-19(24)17-6-10-23(11-7-17)18-13-21-8-9-22-18/h2-5,8-9,13-14,17H,6-7,10-11H2,1H3/t14-/m0/s1. The molecule has 1 saturated heterocycles. The van der Waals surface area contributed by atoms with Crippen LogP contribution in [0.5, 0.6) is 0 Å². The fraction of sp³-hybridized carbons (Fsp3) is 0.368. The maximum absolute atomic E-state index is 12.4. The van der Waals surface area contributed by atoms with E-state index < -0.39 is 0 Å². The number of anilines is 1. The minimum absolute atomic E-state index is 0.0891. The Bertz CT molecular complexity index is 747. The predicted molar refractivity (Wildman–Crippen MR) is 92.6 cm³/mol. The van der Waals surface area contributed by atoms with E-state index in [0.717, 1.165) is 37.3 Å². The first kappa shape index (κ1) is 16.9. The second kappa shape index (κ2) is 7.75. The number of carbonyl (C=O) groups is 1. The molecule has 1 aromatic carbocycles. The van der Waals surface area contributed by atoms with Crippen LogP contribution in [0, 0.1) is 17.2 Å². The van der Waals surface area contributed by atoms with Gasteiger partial charge in [-0.25, -0.2) is 4.98 Å². The van der Waals surface area contributed by atoms with Gasteiger partial charge in [-0.15, -0.1) is 0 Å². The molecule has 0 unspecified atom stereocenters. The van der Waals surface area contributed by atoms with Crippen LogP contribution in [-0.4, -0.2) is 29.0 Å². The summed E-state index contributed by atoms with van der Waals surface area (Å²) in [5.41, 5.74) is 1.49. The van der Waals surface area contributed by atoms with Crippen LogP contribution < -0.4 is 4.90 Å². The van der Waals surface area contributed by atoms with Gasteiger partial charge in [0.2, 0.25) is 0 Å². The van der Waals surface area contributed by atoms with Gasteiger partial charge in [0.15, 0.2) is 0 Å². The molecule has 1 aromatic heterocycles. The number of esters is 1. The van der Waals surface area contributed by atoms with Gasteiger partial charge in [0, 0.05) is 25.5 Å². The first-order valence-corrected chi connectivity index (χ1v) is 8.39. The van der Waals surface area contributed by atoms with E-state index in [1.807, 2.05) is 19.1 Å². The van der Waals surface area contributed by atoms with Crippen LogP contribution in [0.3, 0.4) is 0 Å². The third kappa shape index (κ3) is 4.13. The molecule has 128 valence electrons. The number of hydrogen-bond donors (Lipinski definition) is 0. The fourth-order valence-corrected chi connectivity index (χ4v) is 2.97. The molecule has 0 amide bonds. The lowest BCUT2D eigenvalue weighted by Gasteiger charge is -2.31. The zero-order valence-electron chi connectivity index (χ0n) is 14.1. The van der Waals surface area contributed by atoms with Crippen molar-refractivity contribution in [2.45, 2.75) is 25.9 Å². The second-order valence-corrected chi connectivity index (χ2v) is 6.14. The lowest BCUT2D eigenvalue weighted by Crippen LogP contribution is -2.37. The van der Waals surface area contributed by atoms with Crippen molar-refractivity contribution in [1.82, 2.24) is 9.97 Å². The number of nitrogens with zero attached hydrogens (tertiary/aromatic N) is 4. The van der Waals surface area contributed by atoms with Crippen LogP contribution >= 0.6 is 0 Å². The van der Waals surface area contributed by atoms with Crippen molar-refractivity contribution in [1.29, 1.82) is 5.26 Å². The predicted octanol–water partition coefficient (Wildman–Crippen LogP) is 2.87.